The van der Waals surface area contributed by atoms with Gasteiger partial charge in [-0.3, -0.25) is 5.32 Å². The SMILES string of the molecule is CNCOC1OC(CO)C(O)C(OC2OC(CO)C(O)C(OC3OC(CO)C(O)C(O)C3O)C2O)C1O. The molecule has 15 atom stereocenters. The monoisotopic (exact) mass is 547 g/mol. The van der Waals surface area contributed by atoms with Crippen molar-refractivity contribution in [2.75, 3.05) is 33.6 Å². The third kappa shape index (κ3) is 6.56. The van der Waals surface area contributed by atoms with Crippen LogP contribution in [0.2, 0.25) is 0 Å². The summed E-state index contributed by atoms with van der Waals surface area (Å²) >= 11 is 0. The molecule has 0 amide bonds. The van der Waals surface area contributed by atoms with Gasteiger partial charge in [0.05, 0.1) is 26.6 Å². The van der Waals surface area contributed by atoms with Crippen LogP contribution in [0.25, 0.3) is 0 Å². The zero-order valence-electron chi connectivity index (χ0n) is 19.9. The van der Waals surface area contributed by atoms with E-state index in [1.807, 2.05) is 0 Å². The highest BCUT2D eigenvalue weighted by Crippen LogP contribution is 2.32. The van der Waals surface area contributed by atoms with E-state index in [0.29, 0.717) is 0 Å². The minimum absolute atomic E-state index is 0.0704. The van der Waals surface area contributed by atoms with Crippen LogP contribution in [0.3, 0.4) is 0 Å². The van der Waals surface area contributed by atoms with Crippen molar-refractivity contribution < 1.29 is 79.5 Å². The van der Waals surface area contributed by atoms with Crippen molar-refractivity contribution in [2.24, 2.45) is 0 Å². The lowest BCUT2D eigenvalue weighted by molar-refractivity contribution is -0.381. The van der Waals surface area contributed by atoms with Crippen molar-refractivity contribution in [1.29, 1.82) is 0 Å². The molecule has 15 unspecified atom stereocenters. The molecule has 3 heterocycles. The Morgan fingerprint density at radius 1 is 0.541 bits per heavy atom. The van der Waals surface area contributed by atoms with E-state index in [1.165, 1.54) is 0 Å². The van der Waals surface area contributed by atoms with Crippen molar-refractivity contribution in [2.45, 2.75) is 92.1 Å². The summed E-state index contributed by atoms with van der Waals surface area (Å²) in [5, 5.41) is 104. The molecule has 0 aromatic heterocycles. The van der Waals surface area contributed by atoms with E-state index in [0.717, 1.165) is 0 Å². The van der Waals surface area contributed by atoms with Crippen LogP contribution < -0.4 is 5.32 Å². The summed E-state index contributed by atoms with van der Waals surface area (Å²) in [4.78, 5) is 0. The number of nitrogens with one attached hydrogen (secondary N) is 1. The minimum Gasteiger partial charge on any atom is -0.394 e. The summed E-state index contributed by atoms with van der Waals surface area (Å²) in [5.74, 6) is 0. The average molecular weight is 548 g/mol. The molecule has 0 bridgehead atoms. The molecule has 3 aliphatic heterocycles. The molecule has 3 fully saturated rings. The van der Waals surface area contributed by atoms with Gasteiger partial charge < -0.3 is 79.5 Å². The predicted molar refractivity (Wildman–Crippen MR) is 114 cm³/mol. The summed E-state index contributed by atoms with van der Waals surface area (Å²) in [7, 11) is 1.56. The second kappa shape index (κ2) is 13.6. The van der Waals surface area contributed by atoms with Gasteiger partial charge in [0, 0.05) is 0 Å². The van der Waals surface area contributed by atoms with Crippen LogP contribution in [0, 0.1) is 0 Å². The Hall–Kier alpha value is -0.680. The number of rotatable bonds is 10. The zero-order valence-corrected chi connectivity index (χ0v) is 19.9. The normalized spacial score (nSPS) is 49.2. The van der Waals surface area contributed by atoms with Gasteiger partial charge in [-0.1, -0.05) is 0 Å². The first-order valence-corrected chi connectivity index (χ1v) is 11.7. The van der Waals surface area contributed by atoms with Gasteiger partial charge in [0.1, 0.15) is 73.2 Å². The molecular weight excluding hydrogens is 510 g/mol. The van der Waals surface area contributed by atoms with E-state index in [-0.39, 0.29) is 6.73 Å². The molecule has 17 nitrogen and oxygen atoms in total. The number of ether oxygens (including phenoxy) is 6. The number of hydrogen-bond acceptors (Lipinski definition) is 17. The van der Waals surface area contributed by atoms with Crippen LogP contribution in [-0.4, -0.2) is 177 Å². The first-order chi connectivity index (χ1) is 17.6. The van der Waals surface area contributed by atoms with Gasteiger partial charge in [0.15, 0.2) is 18.9 Å². The molecule has 3 saturated heterocycles. The molecular formula is C20H37NO16. The number of hydrogen-bond donors (Lipinski definition) is 11. The van der Waals surface area contributed by atoms with Crippen LogP contribution in [-0.2, 0) is 28.4 Å². The Balaban J connectivity index is 1.78. The van der Waals surface area contributed by atoms with Gasteiger partial charge >= 0.3 is 0 Å². The van der Waals surface area contributed by atoms with E-state index in [2.05, 4.69) is 5.32 Å². The first-order valence-electron chi connectivity index (χ1n) is 11.7. The lowest BCUT2D eigenvalue weighted by Gasteiger charge is -2.48. The first kappa shape index (κ1) is 30.9. The number of aliphatic hydroxyl groups is 10. The number of aliphatic hydroxyl groups excluding tert-OH is 10. The summed E-state index contributed by atoms with van der Waals surface area (Å²) in [6.45, 7) is -2.30. The third-order valence-corrected chi connectivity index (χ3v) is 6.47. The molecule has 0 aromatic carbocycles. The Morgan fingerprint density at radius 3 is 1.41 bits per heavy atom. The molecule has 0 aromatic rings. The van der Waals surface area contributed by atoms with Crippen molar-refractivity contribution >= 4 is 0 Å². The van der Waals surface area contributed by atoms with E-state index in [9.17, 15) is 51.1 Å². The van der Waals surface area contributed by atoms with Crippen LogP contribution >= 0.6 is 0 Å². The Kier molecular flexibility index (Phi) is 11.3. The molecule has 218 valence electrons. The Bertz CT molecular complexity index is 691. The predicted octanol–water partition coefficient (Wildman–Crippen LogP) is -7.37. The molecule has 37 heavy (non-hydrogen) atoms. The zero-order chi connectivity index (χ0) is 27.4. The fraction of sp³-hybridized carbons (Fsp3) is 1.00. The molecule has 3 aliphatic rings. The minimum atomic E-state index is -1.89. The largest absolute Gasteiger partial charge is 0.394 e. The third-order valence-electron chi connectivity index (χ3n) is 6.47. The second-order valence-electron chi connectivity index (χ2n) is 8.98. The highest BCUT2D eigenvalue weighted by molar-refractivity contribution is 4.96. The molecule has 3 rings (SSSR count). The van der Waals surface area contributed by atoms with E-state index in [4.69, 9.17) is 28.4 Å². The highest BCUT2D eigenvalue weighted by Gasteiger charge is 2.53. The van der Waals surface area contributed by atoms with Gasteiger partial charge in [-0.2, -0.15) is 0 Å². The van der Waals surface area contributed by atoms with Crippen molar-refractivity contribution in [3.63, 3.8) is 0 Å². The maximum Gasteiger partial charge on any atom is 0.188 e. The molecule has 0 aliphatic carbocycles. The van der Waals surface area contributed by atoms with Crippen LogP contribution in [0.1, 0.15) is 0 Å². The van der Waals surface area contributed by atoms with Gasteiger partial charge in [-0.15, -0.1) is 0 Å². The van der Waals surface area contributed by atoms with Crippen LogP contribution in [0.5, 0.6) is 0 Å². The van der Waals surface area contributed by atoms with Crippen LogP contribution in [0.4, 0.5) is 0 Å². The quantitative estimate of drug-likeness (QED) is 0.113. The summed E-state index contributed by atoms with van der Waals surface area (Å²) < 4.78 is 32.4. The molecule has 0 radical (unpaired) electrons. The molecule has 0 saturated carbocycles. The van der Waals surface area contributed by atoms with E-state index in [1.54, 1.807) is 7.05 Å². The smallest absolute Gasteiger partial charge is 0.188 e. The van der Waals surface area contributed by atoms with Crippen molar-refractivity contribution in [1.82, 2.24) is 5.32 Å². The standard InChI is InChI=1S/C20H37NO16/c1-21-5-32-18-14(30)16(10(26)7(3-23)33-18)37-20-15(31)17(11(27)8(4-24)35-20)36-19-13(29)12(28)9(25)6(2-22)34-19/h6-31H,2-5H2,1H3. The summed E-state index contributed by atoms with van der Waals surface area (Å²) in [6, 6.07) is 0. The molecule has 17 heteroatoms. The van der Waals surface area contributed by atoms with Gasteiger partial charge in [-0.25, -0.2) is 0 Å². The lowest BCUT2D eigenvalue weighted by atomic mass is 9.96. The Labute approximate surface area is 211 Å². The van der Waals surface area contributed by atoms with E-state index < -0.39 is 112 Å². The van der Waals surface area contributed by atoms with Crippen molar-refractivity contribution in [3.8, 4) is 0 Å². The summed E-state index contributed by atoms with van der Waals surface area (Å²) in [6.07, 6.45) is -24.4. The molecule has 0 spiro atoms. The average Bonchev–Trinajstić information content (AvgIpc) is 2.89. The van der Waals surface area contributed by atoms with Gasteiger partial charge in [0.2, 0.25) is 0 Å². The topological polar surface area (TPSA) is 270 Å². The highest BCUT2D eigenvalue weighted by atomic mass is 16.8. The fourth-order valence-electron chi connectivity index (χ4n) is 4.33. The van der Waals surface area contributed by atoms with Gasteiger partial charge in [0.25, 0.3) is 0 Å². The van der Waals surface area contributed by atoms with Crippen LogP contribution in [0.15, 0.2) is 0 Å². The Morgan fingerprint density at radius 2 is 0.946 bits per heavy atom. The maximum atomic E-state index is 10.9. The summed E-state index contributed by atoms with van der Waals surface area (Å²) in [5.41, 5.74) is 0. The lowest BCUT2D eigenvalue weighted by Crippen LogP contribution is -2.67. The second-order valence-corrected chi connectivity index (χ2v) is 8.98. The van der Waals surface area contributed by atoms with Gasteiger partial charge in [-0.05, 0) is 7.05 Å². The molecule has 11 N–H and O–H groups in total. The maximum absolute atomic E-state index is 10.9. The van der Waals surface area contributed by atoms with E-state index >= 15 is 0 Å². The van der Waals surface area contributed by atoms with Crippen molar-refractivity contribution in [3.05, 3.63) is 0 Å². The fourth-order valence-corrected chi connectivity index (χ4v) is 4.33.